The Bertz CT molecular complexity index is 1400. The smallest absolute Gasteiger partial charge is 0.270 e. The van der Waals surface area contributed by atoms with Gasteiger partial charge in [0, 0.05) is 42.2 Å². The van der Waals surface area contributed by atoms with Crippen LogP contribution in [0.2, 0.25) is 0 Å². The summed E-state index contributed by atoms with van der Waals surface area (Å²) in [6.45, 7) is 1.03. The Kier molecular flexibility index (Phi) is 6.10. The minimum atomic E-state index is -0.689. The summed E-state index contributed by atoms with van der Waals surface area (Å²) in [5.41, 5.74) is 2.56. The van der Waals surface area contributed by atoms with Gasteiger partial charge in [0.2, 0.25) is 11.9 Å². The number of amides is 1. The maximum absolute atomic E-state index is 13.9. The zero-order valence-electron chi connectivity index (χ0n) is 18.2. The second-order valence-corrected chi connectivity index (χ2v) is 9.20. The SMILES string of the molecule is O=C(NCc1ccc(F)cc1F)[C@H]1CCCN(c2nc3c(-c4ccccc4)csc3c(=O)[nH]2)C1. The number of halogens is 2. The lowest BCUT2D eigenvalue weighted by Crippen LogP contribution is -2.44. The van der Waals surface area contributed by atoms with Crippen LogP contribution in [-0.4, -0.2) is 29.0 Å². The molecule has 5 rings (SSSR count). The van der Waals surface area contributed by atoms with Crippen molar-refractivity contribution in [1.82, 2.24) is 15.3 Å². The molecule has 174 valence electrons. The van der Waals surface area contributed by atoms with E-state index in [0.29, 0.717) is 35.7 Å². The predicted molar refractivity (Wildman–Crippen MR) is 129 cm³/mol. The Balaban J connectivity index is 1.34. The fraction of sp³-hybridized carbons (Fsp3) is 0.240. The van der Waals surface area contributed by atoms with Gasteiger partial charge in [-0.3, -0.25) is 14.6 Å². The molecule has 1 fully saturated rings. The van der Waals surface area contributed by atoms with Crippen LogP contribution in [0.4, 0.5) is 14.7 Å². The Morgan fingerprint density at radius 2 is 2.03 bits per heavy atom. The molecule has 2 aromatic heterocycles. The van der Waals surface area contributed by atoms with E-state index in [-0.39, 0.29) is 29.5 Å². The number of fused-ring (bicyclic) bond motifs is 1. The predicted octanol–water partition coefficient (Wildman–Crippen LogP) is 4.46. The van der Waals surface area contributed by atoms with Gasteiger partial charge >= 0.3 is 0 Å². The van der Waals surface area contributed by atoms with Gasteiger partial charge in [0.05, 0.1) is 11.4 Å². The summed E-state index contributed by atoms with van der Waals surface area (Å²) in [5.74, 6) is -1.46. The van der Waals surface area contributed by atoms with E-state index in [4.69, 9.17) is 4.98 Å². The maximum atomic E-state index is 13.9. The van der Waals surface area contributed by atoms with Gasteiger partial charge in [-0.1, -0.05) is 36.4 Å². The summed E-state index contributed by atoms with van der Waals surface area (Å²) in [6.07, 6.45) is 1.42. The van der Waals surface area contributed by atoms with Crippen molar-refractivity contribution in [1.29, 1.82) is 0 Å². The van der Waals surface area contributed by atoms with E-state index in [1.807, 2.05) is 40.6 Å². The van der Waals surface area contributed by atoms with E-state index in [1.165, 1.54) is 23.5 Å². The Morgan fingerprint density at radius 3 is 2.82 bits per heavy atom. The minimum Gasteiger partial charge on any atom is -0.352 e. The van der Waals surface area contributed by atoms with Crippen LogP contribution in [0.3, 0.4) is 0 Å². The fourth-order valence-electron chi connectivity index (χ4n) is 4.26. The molecule has 1 aliphatic rings. The standard InChI is InChI=1S/C25H22F2N4O2S/c26-18-9-8-16(20(27)11-18)12-28-23(32)17-7-4-10-31(13-17)25-29-21-19(15-5-2-1-3-6-15)14-34-22(21)24(33)30-25/h1-3,5-6,8-9,11,14,17H,4,7,10,12-13H2,(H,28,32)(H,29,30,33)/t17-/m0/s1. The lowest BCUT2D eigenvalue weighted by Gasteiger charge is -2.32. The molecule has 3 heterocycles. The monoisotopic (exact) mass is 480 g/mol. The number of H-pyrrole nitrogens is 1. The van der Waals surface area contributed by atoms with Crippen molar-refractivity contribution in [3.8, 4) is 11.1 Å². The Labute approximate surface area is 198 Å². The summed E-state index contributed by atoms with van der Waals surface area (Å²) < 4.78 is 27.5. The quantitative estimate of drug-likeness (QED) is 0.442. The molecule has 4 aromatic rings. The number of nitrogens with zero attached hydrogens (tertiary/aromatic N) is 2. The molecule has 1 aliphatic heterocycles. The van der Waals surface area contributed by atoms with Gasteiger partial charge in [0.25, 0.3) is 5.56 Å². The molecule has 0 bridgehead atoms. The summed E-state index contributed by atoms with van der Waals surface area (Å²) in [7, 11) is 0. The molecule has 1 atom stereocenters. The number of benzene rings is 2. The summed E-state index contributed by atoms with van der Waals surface area (Å²) in [4.78, 5) is 35.1. The second-order valence-electron chi connectivity index (χ2n) is 8.32. The molecule has 34 heavy (non-hydrogen) atoms. The average molecular weight is 481 g/mol. The van der Waals surface area contributed by atoms with Gasteiger partial charge in [0.1, 0.15) is 16.3 Å². The number of hydrogen-bond donors (Lipinski definition) is 2. The highest BCUT2D eigenvalue weighted by Gasteiger charge is 2.27. The normalized spacial score (nSPS) is 16.1. The molecule has 2 N–H and O–H groups in total. The molecule has 0 radical (unpaired) electrons. The van der Waals surface area contributed by atoms with Crippen molar-refractivity contribution in [2.45, 2.75) is 19.4 Å². The molecule has 0 unspecified atom stereocenters. The van der Waals surface area contributed by atoms with Crippen LogP contribution in [0, 0.1) is 17.6 Å². The van der Waals surface area contributed by atoms with Crippen LogP contribution in [0.25, 0.3) is 21.3 Å². The number of carbonyl (C=O) groups is 1. The maximum Gasteiger partial charge on any atom is 0.270 e. The first-order valence-electron chi connectivity index (χ1n) is 11.0. The zero-order valence-corrected chi connectivity index (χ0v) is 19.0. The van der Waals surface area contributed by atoms with E-state index in [1.54, 1.807) is 0 Å². The first kappa shape index (κ1) is 22.2. The number of carbonyl (C=O) groups excluding carboxylic acids is 1. The third-order valence-corrected chi connectivity index (χ3v) is 7.03. The Morgan fingerprint density at radius 1 is 1.21 bits per heavy atom. The molecule has 0 aliphatic carbocycles. The number of nitrogens with one attached hydrogen (secondary N) is 2. The number of aromatic amines is 1. The Hall–Kier alpha value is -3.59. The molecule has 1 amide bonds. The van der Waals surface area contributed by atoms with Gasteiger partial charge in [-0.25, -0.2) is 13.8 Å². The van der Waals surface area contributed by atoms with E-state index < -0.39 is 11.6 Å². The number of piperidine rings is 1. The van der Waals surface area contributed by atoms with Gasteiger partial charge in [-0.15, -0.1) is 11.3 Å². The molecule has 9 heteroatoms. The third kappa shape index (κ3) is 4.43. The van der Waals surface area contributed by atoms with E-state index in [0.717, 1.165) is 23.6 Å². The van der Waals surface area contributed by atoms with Crippen molar-refractivity contribution < 1.29 is 13.6 Å². The van der Waals surface area contributed by atoms with Gasteiger partial charge in [0.15, 0.2) is 0 Å². The molecule has 6 nitrogen and oxygen atoms in total. The van der Waals surface area contributed by atoms with E-state index in [9.17, 15) is 18.4 Å². The highest BCUT2D eigenvalue weighted by molar-refractivity contribution is 7.17. The van der Waals surface area contributed by atoms with Crippen molar-refractivity contribution in [3.05, 3.63) is 81.5 Å². The van der Waals surface area contributed by atoms with Crippen LogP contribution >= 0.6 is 11.3 Å². The van der Waals surface area contributed by atoms with Crippen molar-refractivity contribution in [2.24, 2.45) is 5.92 Å². The molecular formula is C25H22F2N4O2S. The number of hydrogen-bond acceptors (Lipinski definition) is 5. The number of rotatable bonds is 5. The topological polar surface area (TPSA) is 78.1 Å². The minimum absolute atomic E-state index is 0.0160. The molecule has 2 aromatic carbocycles. The second kappa shape index (κ2) is 9.34. The summed E-state index contributed by atoms with van der Waals surface area (Å²) >= 11 is 1.36. The highest BCUT2D eigenvalue weighted by Crippen LogP contribution is 2.32. The lowest BCUT2D eigenvalue weighted by atomic mass is 9.97. The van der Waals surface area contributed by atoms with Crippen LogP contribution in [0.5, 0.6) is 0 Å². The van der Waals surface area contributed by atoms with Crippen molar-refractivity contribution in [3.63, 3.8) is 0 Å². The number of thiophene rings is 1. The molecule has 1 saturated heterocycles. The van der Waals surface area contributed by atoms with Gasteiger partial charge in [-0.2, -0.15) is 0 Å². The first-order chi connectivity index (χ1) is 16.5. The van der Waals surface area contributed by atoms with Crippen molar-refractivity contribution in [2.75, 3.05) is 18.0 Å². The first-order valence-corrected chi connectivity index (χ1v) is 11.9. The van der Waals surface area contributed by atoms with Gasteiger partial charge in [-0.05, 0) is 24.5 Å². The largest absolute Gasteiger partial charge is 0.352 e. The van der Waals surface area contributed by atoms with Gasteiger partial charge < -0.3 is 10.2 Å². The lowest BCUT2D eigenvalue weighted by molar-refractivity contribution is -0.125. The van der Waals surface area contributed by atoms with Crippen LogP contribution in [-0.2, 0) is 11.3 Å². The average Bonchev–Trinajstić information content (AvgIpc) is 3.29. The summed E-state index contributed by atoms with van der Waals surface area (Å²) in [6, 6.07) is 13.1. The van der Waals surface area contributed by atoms with Crippen LogP contribution in [0.15, 0.2) is 58.7 Å². The number of aromatic nitrogens is 2. The van der Waals surface area contributed by atoms with E-state index in [2.05, 4.69) is 10.3 Å². The molecule has 0 saturated carbocycles. The van der Waals surface area contributed by atoms with Crippen LogP contribution < -0.4 is 15.8 Å². The highest BCUT2D eigenvalue weighted by atomic mass is 32.1. The van der Waals surface area contributed by atoms with Crippen molar-refractivity contribution >= 4 is 33.4 Å². The fourth-order valence-corrected chi connectivity index (χ4v) is 5.17. The molecule has 0 spiro atoms. The zero-order chi connectivity index (χ0) is 23.7. The van der Waals surface area contributed by atoms with Crippen LogP contribution in [0.1, 0.15) is 18.4 Å². The number of anilines is 1. The molecular weight excluding hydrogens is 458 g/mol. The third-order valence-electron chi connectivity index (χ3n) is 6.06. The van der Waals surface area contributed by atoms with E-state index >= 15 is 0 Å². The summed E-state index contributed by atoms with van der Waals surface area (Å²) in [5, 5.41) is 4.69.